The van der Waals surface area contributed by atoms with Crippen molar-refractivity contribution in [1.29, 1.82) is 0 Å². The Kier molecular flexibility index (Phi) is 5.28. The number of fused-ring (bicyclic) bond motifs is 1. The molecule has 0 unspecified atom stereocenters. The van der Waals surface area contributed by atoms with Crippen molar-refractivity contribution in [2.24, 2.45) is 5.92 Å². The molecule has 144 valence electrons. The van der Waals surface area contributed by atoms with Gasteiger partial charge in [-0.1, -0.05) is 26.0 Å². The molecule has 2 aromatic heterocycles. The van der Waals surface area contributed by atoms with E-state index in [2.05, 4.69) is 22.0 Å². The monoisotopic (exact) mass is 397 g/mol. The van der Waals surface area contributed by atoms with E-state index in [0.717, 1.165) is 12.8 Å². The quantitative estimate of drug-likeness (QED) is 0.586. The average molecular weight is 398 g/mol. The highest BCUT2D eigenvalue weighted by Crippen LogP contribution is 2.40. The first-order chi connectivity index (χ1) is 12.5. The van der Waals surface area contributed by atoms with Crippen LogP contribution < -0.4 is 4.90 Å². The SMILES string of the molecule is C.CC1CCN(c2c(-c3c(F)cc(F)cc3F)c(Cl)nc3ncnn23)CC1. The first kappa shape index (κ1) is 19.4. The molecular weight excluding hydrogens is 379 g/mol. The van der Waals surface area contributed by atoms with E-state index in [1.165, 1.54) is 10.8 Å². The lowest BCUT2D eigenvalue weighted by Crippen LogP contribution is -2.35. The summed E-state index contributed by atoms with van der Waals surface area (Å²) in [5.41, 5.74) is -0.371. The Morgan fingerprint density at radius 1 is 1.07 bits per heavy atom. The number of anilines is 1. The fraction of sp³-hybridized carbons (Fsp3) is 0.389. The van der Waals surface area contributed by atoms with Gasteiger partial charge in [-0.15, -0.1) is 0 Å². The Balaban J connectivity index is 0.00000210. The van der Waals surface area contributed by atoms with Gasteiger partial charge in [-0.25, -0.2) is 13.2 Å². The van der Waals surface area contributed by atoms with Crippen LogP contribution in [0.5, 0.6) is 0 Å². The summed E-state index contributed by atoms with van der Waals surface area (Å²) in [6, 6.07) is 1.25. The second-order valence-corrected chi connectivity index (χ2v) is 6.85. The maximum atomic E-state index is 14.5. The van der Waals surface area contributed by atoms with Crippen molar-refractivity contribution in [3.63, 3.8) is 0 Å². The number of rotatable bonds is 2. The largest absolute Gasteiger partial charge is 0.356 e. The molecule has 0 atom stereocenters. The summed E-state index contributed by atoms with van der Waals surface area (Å²) in [7, 11) is 0. The third-order valence-electron chi connectivity index (χ3n) is 4.70. The predicted octanol–water partition coefficient (Wildman–Crippen LogP) is 4.73. The van der Waals surface area contributed by atoms with Crippen LogP contribution in [0.2, 0.25) is 5.15 Å². The van der Waals surface area contributed by atoms with Crippen molar-refractivity contribution >= 4 is 23.2 Å². The lowest BCUT2D eigenvalue weighted by molar-refractivity contribution is 0.435. The van der Waals surface area contributed by atoms with Gasteiger partial charge in [0, 0.05) is 25.2 Å². The second kappa shape index (κ2) is 7.34. The van der Waals surface area contributed by atoms with Crippen molar-refractivity contribution < 1.29 is 13.2 Å². The molecule has 9 heteroatoms. The smallest absolute Gasteiger partial charge is 0.255 e. The zero-order chi connectivity index (χ0) is 18.4. The van der Waals surface area contributed by atoms with Gasteiger partial charge in [0.25, 0.3) is 5.78 Å². The Morgan fingerprint density at radius 2 is 1.70 bits per heavy atom. The minimum absolute atomic E-state index is 0. The molecule has 5 nitrogen and oxygen atoms in total. The van der Waals surface area contributed by atoms with Crippen LogP contribution in [-0.4, -0.2) is 32.7 Å². The standard InChI is InChI=1S/C17H15ClF3N5.CH4/c1-9-2-4-25(5-3-9)16-14(13-11(20)6-10(19)7-12(13)21)15(18)24-17-22-8-23-26(16)17;/h6-9H,2-5H2,1H3;1H4. The van der Waals surface area contributed by atoms with Gasteiger partial charge in [0.1, 0.15) is 34.7 Å². The van der Waals surface area contributed by atoms with Crippen molar-refractivity contribution in [3.05, 3.63) is 41.1 Å². The van der Waals surface area contributed by atoms with Gasteiger partial charge in [0.05, 0.1) is 11.1 Å². The first-order valence-corrected chi connectivity index (χ1v) is 8.62. The maximum absolute atomic E-state index is 14.5. The predicted molar refractivity (Wildman–Crippen MR) is 98.4 cm³/mol. The molecule has 3 heterocycles. The van der Waals surface area contributed by atoms with E-state index in [1.807, 2.05) is 4.90 Å². The topological polar surface area (TPSA) is 46.3 Å². The highest BCUT2D eigenvalue weighted by molar-refractivity contribution is 6.33. The molecule has 0 spiro atoms. The van der Waals surface area contributed by atoms with Crippen molar-refractivity contribution in [2.75, 3.05) is 18.0 Å². The number of aromatic nitrogens is 4. The number of halogens is 4. The number of hydrogen-bond acceptors (Lipinski definition) is 4. The van der Waals surface area contributed by atoms with E-state index in [4.69, 9.17) is 11.6 Å². The van der Waals surface area contributed by atoms with Gasteiger partial charge in [0.2, 0.25) is 0 Å². The summed E-state index contributed by atoms with van der Waals surface area (Å²) < 4.78 is 43.7. The summed E-state index contributed by atoms with van der Waals surface area (Å²) >= 11 is 6.29. The Bertz CT molecular complexity index is 960. The third kappa shape index (κ3) is 3.34. The lowest BCUT2D eigenvalue weighted by Gasteiger charge is -2.33. The van der Waals surface area contributed by atoms with Crippen molar-refractivity contribution in [1.82, 2.24) is 19.6 Å². The summed E-state index contributed by atoms with van der Waals surface area (Å²) in [6.45, 7) is 3.50. The number of benzene rings is 1. The average Bonchev–Trinajstić information content (AvgIpc) is 3.03. The zero-order valence-corrected chi connectivity index (χ0v) is 14.6. The fourth-order valence-electron chi connectivity index (χ4n) is 3.31. The molecular formula is C18H19ClF3N5. The molecule has 1 saturated heterocycles. The minimum atomic E-state index is -1.04. The van der Waals surface area contributed by atoms with E-state index in [9.17, 15) is 13.2 Å². The normalized spacial score (nSPS) is 15.2. The molecule has 0 bridgehead atoms. The molecule has 1 aromatic carbocycles. The number of nitrogens with zero attached hydrogens (tertiary/aromatic N) is 5. The Morgan fingerprint density at radius 3 is 2.33 bits per heavy atom. The van der Waals surface area contributed by atoms with Crippen molar-refractivity contribution in [3.8, 4) is 11.1 Å². The molecule has 3 aromatic rings. The molecule has 0 radical (unpaired) electrons. The molecule has 0 aliphatic carbocycles. The summed E-state index contributed by atoms with van der Waals surface area (Å²) in [6.07, 6.45) is 3.14. The summed E-state index contributed by atoms with van der Waals surface area (Å²) in [4.78, 5) is 10.1. The fourth-order valence-corrected chi connectivity index (χ4v) is 3.57. The van der Waals surface area contributed by atoms with E-state index in [1.54, 1.807) is 0 Å². The van der Waals surface area contributed by atoms with E-state index in [0.29, 0.717) is 37.0 Å². The Labute approximate surface area is 159 Å². The van der Waals surface area contributed by atoms with E-state index in [-0.39, 0.29) is 23.9 Å². The Hall–Kier alpha value is -2.35. The molecule has 4 rings (SSSR count). The molecule has 0 saturated carbocycles. The van der Waals surface area contributed by atoms with Gasteiger partial charge in [0.15, 0.2) is 0 Å². The van der Waals surface area contributed by atoms with Crippen LogP contribution in [0.25, 0.3) is 16.9 Å². The number of piperidine rings is 1. The van der Waals surface area contributed by atoms with Crippen molar-refractivity contribution in [2.45, 2.75) is 27.2 Å². The van der Waals surface area contributed by atoms with Gasteiger partial charge in [-0.05, 0) is 18.8 Å². The van der Waals surface area contributed by atoms with Gasteiger partial charge in [-0.2, -0.15) is 19.6 Å². The van der Waals surface area contributed by atoms with Crippen LogP contribution in [0.4, 0.5) is 19.0 Å². The molecule has 0 amide bonds. The lowest BCUT2D eigenvalue weighted by atomic mass is 9.98. The highest BCUT2D eigenvalue weighted by Gasteiger charge is 2.28. The highest BCUT2D eigenvalue weighted by atomic mass is 35.5. The zero-order valence-electron chi connectivity index (χ0n) is 13.9. The van der Waals surface area contributed by atoms with Crippen LogP contribution in [0, 0.1) is 23.4 Å². The van der Waals surface area contributed by atoms with Crippen LogP contribution in [0.15, 0.2) is 18.5 Å². The molecule has 0 N–H and O–H groups in total. The number of hydrogen-bond donors (Lipinski definition) is 0. The van der Waals surface area contributed by atoms with Gasteiger partial charge < -0.3 is 4.90 Å². The molecule has 1 fully saturated rings. The van der Waals surface area contributed by atoms with E-state index >= 15 is 0 Å². The van der Waals surface area contributed by atoms with Gasteiger partial charge >= 0.3 is 0 Å². The maximum Gasteiger partial charge on any atom is 0.255 e. The van der Waals surface area contributed by atoms with Crippen LogP contribution in [-0.2, 0) is 0 Å². The van der Waals surface area contributed by atoms with Gasteiger partial charge in [-0.3, -0.25) is 0 Å². The molecule has 27 heavy (non-hydrogen) atoms. The van der Waals surface area contributed by atoms with Crippen LogP contribution in [0.1, 0.15) is 27.2 Å². The summed E-state index contributed by atoms with van der Waals surface area (Å²) in [5, 5.41) is 4.03. The van der Waals surface area contributed by atoms with E-state index < -0.39 is 23.0 Å². The summed E-state index contributed by atoms with van der Waals surface area (Å²) in [5.74, 6) is -1.89. The molecule has 1 aliphatic heterocycles. The minimum Gasteiger partial charge on any atom is -0.356 e. The van der Waals surface area contributed by atoms with Crippen LogP contribution >= 0.6 is 11.6 Å². The first-order valence-electron chi connectivity index (χ1n) is 8.24. The third-order valence-corrected chi connectivity index (χ3v) is 4.97. The molecule has 1 aliphatic rings. The second-order valence-electron chi connectivity index (χ2n) is 6.49. The van der Waals surface area contributed by atoms with Crippen LogP contribution in [0.3, 0.4) is 0 Å².